The lowest BCUT2D eigenvalue weighted by molar-refractivity contribution is 0.239. The highest BCUT2D eigenvalue weighted by Gasteiger charge is 2.22. The lowest BCUT2D eigenvalue weighted by Crippen LogP contribution is -2.34. The predicted octanol–water partition coefficient (Wildman–Crippen LogP) is 3.95. The number of amides is 2. The second-order valence-corrected chi connectivity index (χ2v) is 6.39. The molecular weight excluding hydrogens is 305 g/mol. The van der Waals surface area contributed by atoms with Crippen molar-refractivity contribution < 1.29 is 4.79 Å². The molecule has 1 aliphatic rings. The third kappa shape index (κ3) is 3.55. The molecular formula is C12H13Cl2N3OS. The van der Waals surface area contributed by atoms with Crippen molar-refractivity contribution in [2.45, 2.75) is 12.2 Å². The van der Waals surface area contributed by atoms with Crippen molar-refractivity contribution in [2.24, 2.45) is 4.99 Å². The number of urea groups is 1. The van der Waals surface area contributed by atoms with Crippen LogP contribution in [0, 0.1) is 0 Å². The number of nitrogens with zero attached hydrogens (tertiary/aromatic N) is 2. The monoisotopic (exact) mass is 317 g/mol. The van der Waals surface area contributed by atoms with Gasteiger partial charge in [-0.2, -0.15) is 0 Å². The van der Waals surface area contributed by atoms with Gasteiger partial charge in [-0.15, -0.1) is 0 Å². The number of anilines is 1. The van der Waals surface area contributed by atoms with Crippen LogP contribution in [0.15, 0.2) is 23.2 Å². The SMILES string of the molecule is C[C@@H]1CN=C(N(C)C(=O)Nc2ccc(Cl)c(Cl)c2)S1. The highest BCUT2D eigenvalue weighted by atomic mass is 35.5. The second-order valence-electron chi connectivity index (χ2n) is 4.17. The van der Waals surface area contributed by atoms with Crippen LogP contribution in [0.1, 0.15) is 6.92 Å². The van der Waals surface area contributed by atoms with Gasteiger partial charge < -0.3 is 5.32 Å². The van der Waals surface area contributed by atoms with E-state index in [4.69, 9.17) is 23.2 Å². The topological polar surface area (TPSA) is 44.7 Å². The molecule has 0 saturated heterocycles. The predicted molar refractivity (Wildman–Crippen MR) is 82.6 cm³/mol. The molecule has 0 aromatic heterocycles. The molecule has 1 aromatic carbocycles. The number of hydrogen-bond acceptors (Lipinski definition) is 3. The van der Waals surface area contributed by atoms with Crippen LogP contribution in [0.3, 0.4) is 0 Å². The maximum absolute atomic E-state index is 12.0. The Bertz CT molecular complexity index is 536. The summed E-state index contributed by atoms with van der Waals surface area (Å²) in [5.74, 6) is 0. The Kier molecular flexibility index (Phi) is 4.60. The highest BCUT2D eigenvalue weighted by molar-refractivity contribution is 8.14. The van der Waals surface area contributed by atoms with E-state index in [0.717, 1.165) is 11.7 Å². The molecule has 1 heterocycles. The second kappa shape index (κ2) is 6.03. The van der Waals surface area contributed by atoms with E-state index >= 15 is 0 Å². The van der Waals surface area contributed by atoms with Crippen LogP contribution in [-0.2, 0) is 0 Å². The van der Waals surface area contributed by atoms with Crippen molar-refractivity contribution in [3.63, 3.8) is 0 Å². The number of hydrogen-bond donors (Lipinski definition) is 1. The van der Waals surface area contributed by atoms with E-state index in [1.807, 2.05) is 0 Å². The molecule has 102 valence electrons. The van der Waals surface area contributed by atoms with Crippen molar-refractivity contribution >= 4 is 51.8 Å². The maximum atomic E-state index is 12.0. The first kappa shape index (κ1) is 14.5. The van der Waals surface area contributed by atoms with Crippen LogP contribution in [0.2, 0.25) is 10.0 Å². The van der Waals surface area contributed by atoms with Crippen LogP contribution in [0.5, 0.6) is 0 Å². The Morgan fingerprint density at radius 2 is 2.21 bits per heavy atom. The summed E-state index contributed by atoms with van der Waals surface area (Å²) in [4.78, 5) is 17.9. The van der Waals surface area contributed by atoms with Gasteiger partial charge in [0.05, 0.1) is 16.6 Å². The summed E-state index contributed by atoms with van der Waals surface area (Å²) in [5.41, 5.74) is 0.600. The third-order valence-corrected chi connectivity index (χ3v) is 4.46. The smallest absolute Gasteiger partial charge is 0.307 e. The van der Waals surface area contributed by atoms with Gasteiger partial charge in [-0.3, -0.25) is 9.89 Å². The van der Waals surface area contributed by atoms with Gasteiger partial charge in [0, 0.05) is 18.0 Å². The summed E-state index contributed by atoms with van der Waals surface area (Å²) in [6.07, 6.45) is 0. The van der Waals surface area contributed by atoms with E-state index < -0.39 is 0 Å². The number of aliphatic imine (C=N–C) groups is 1. The molecule has 19 heavy (non-hydrogen) atoms. The van der Waals surface area contributed by atoms with Crippen LogP contribution >= 0.6 is 35.0 Å². The summed E-state index contributed by atoms with van der Waals surface area (Å²) in [7, 11) is 1.69. The van der Waals surface area contributed by atoms with Crippen LogP contribution in [0.4, 0.5) is 10.5 Å². The Hall–Kier alpha value is -0.910. The van der Waals surface area contributed by atoms with Gasteiger partial charge in [0.2, 0.25) is 0 Å². The van der Waals surface area contributed by atoms with Crippen LogP contribution < -0.4 is 5.32 Å². The zero-order chi connectivity index (χ0) is 14.0. The van der Waals surface area contributed by atoms with E-state index in [-0.39, 0.29) is 6.03 Å². The van der Waals surface area contributed by atoms with Crippen molar-refractivity contribution in [1.82, 2.24) is 4.90 Å². The molecule has 2 rings (SSSR count). The molecule has 1 aromatic rings. The summed E-state index contributed by atoms with van der Waals surface area (Å²) < 4.78 is 0. The molecule has 0 saturated carbocycles. The average molecular weight is 318 g/mol. The molecule has 0 spiro atoms. The van der Waals surface area contributed by atoms with Gasteiger partial charge in [0.15, 0.2) is 5.17 Å². The molecule has 0 radical (unpaired) electrons. The van der Waals surface area contributed by atoms with Crippen molar-refractivity contribution in [3.8, 4) is 0 Å². The van der Waals surface area contributed by atoms with E-state index in [1.54, 1.807) is 37.0 Å². The molecule has 0 fully saturated rings. The van der Waals surface area contributed by atoms with E-state index in [2.05, 4.69) is 17.2 Å². The number of carbonyl (C=O) groups is 1. The normalized spacial score (nSPS) is 18.1. The maximum Gasteiger partial charge on any atom is 0.327 e. The van der Waals surface area contributed by atoms with Crippen molar-refractivity contribution in [2.75, 3.05) is 18.9 Å². The van der Waals surface area contributed by atoms with Crippen LogP contribution in [-0.4, -0.2) is 34.9 Å². The third-order valence-electron chi connectivity index (χ3n) is 2.55. The average Bonchev–Trinajstić information content (AvgIpc) is 2.79. The van der Waals surface area contributed by atoms with Crippen molar-refractivity contribution in [1.29, 1.82) is 0 Å². The fourth-order valence-electron chi connectivity index (χ4n) is 1.51. The zero-order valence-electron chi connectivity index (χ0n) is 10.5. The zero-order valence-corrected chi connectivity index (χ0v) is 12.8. The lowest BCUT2D eigenvalue weighted by atomic mass is 10.3. The summed E-state index contributed by atoms with van der Waals surface area (Å²) in [5, 5.41) is 4.75. The first-order chi connectivity index (χ1) is 8.97. The number of benzene rings is 1. The summed E-state index contributed by atoms with van der Waals surface area (Å²) >= 11 is 13.3. The molecule has 7 heteroatoms. The highest BCUT2D eigenvalue weighted by Crippen LogP contribution is 2.26. The quantitative estimate of drug-likeness (QED) is 0.852. The summed E-state index contributed by atoms with van der Waals surface area (Å²) in [6, 6.07) is 4.70. The first-order valence-corrected chi connectivity index (χ1v) is 7.32. The van der Waals surface area contributed by atoms with Gasteiger partial charge in [-0.1, -0.05) is 41.9 Å². The van der Waals surface area contributed by atoms with E-state index in [9.17, 15) is 4.79 Å². The molecule has 1 N–H and O–H groups in total. The Labute approximate surface area is 126 Å². The van der Waals surface area contributed by atoms with Crippen molar-refractivity contribution in [3.05, 3.63) is 28.2 Å². The minimum atomic E-state index is -0.251. The molecule has 0 unspecified atom stereocenters. The first-order valence-electron chi connectivity index (χ1n) is 5.68. The number of amidine groups is 1. The lowest BCUT2D eigenvalue weighted by Gasteiger charge is -2.17. The molecule has 1 atom stereocenters. The number of halogens is 2. The summed E-state index contributed by atoms with van der Waals surface area (Å²) in [6.45, 7) is 2.82. The Morgan fingerprint density at radius 3 is 2.79 bits per heavy atom. The Morgan fingerprint density at radius 1 is 1.47 bits per heavy atom. The van der Waals surface area contributed by atoms with Gasteiger partial charge in [-0.05, 0) is 18.2 Å². The number of rotatable bonds is 1. The molecule has 4 nitrogen and oxygen atoms in total. The molecule has 0 bridgehead atoms. The largest absolute Gasteiger partial charge is 0.327 e. The number of carbonyl (C=O) groups excluding carboxylic acids is 1. The van der Waals surface area contributed by atoms with Gasteiger partial charge in [0.25, 0.3) is 0 Å². The molecule has 0 aliphatic carbocycles. The van der Waals surface area contributed by atoms with Gasteiger partial charge in [0.1, 0.15) is 0 Å². The fraction of sp³-hybridized carbons (Fsp3) is 0.333. The fourth-order valence-corrected chi connectivity index (χ4v) is 2.71. The minimum absolute atomic E-state index is 0.251. The number of thioether (sulfide) groups is 1. The number of nitrogens with one attached hydrogen (secondary N) is 1. The van der Waals surface area contributed by atoms with E-state index in [1.165, 1.54) is 4.90 Å². The molecule has 2 amide bonds. The van der Waals surface area contributed by atoms with Crippen LogP contribution in [0.25, 0.3) is 0 Å². The van der Waals surface area contributed by atoms with Gasteiger partial charge in [-0.25, -0.2) is 4.79 Å². The van der Waals surface area contributed by atoms with Gasteiger partial charge >= 0.3 is 6.03 Å². The molecule has 1 aliphatic heterocycles. The standard InChI is InChI=1S/C12H13Cl2N3OS/c1-7-6-15-12(19-7)17(2)11(18)16-8-3-4-9(13)10(14)5-8/h3-5,7H,6H2,1-2H3,(H,16,18)/t7-/m1/s1. The minimum Gasteiger partial charge on any atom is -0.307 e. The van der Waals surface area contributed by atoms with E-state index in [0.29, 0.717) is 21.0 Å². The Balaban J connectivity index is 2.02.